The van der Waals surface area contributed by atoms with Gasteiger partial charge in [0.05, 0.1) is 25.7 Å². The second-order valence-corrected chi connectivity index (χ2v) is 12.4. The summed E-state index contributed by atoms with van der Waals surface area (Å²) in [5.41, 5.74) is -0.228. The Balaban J connectivity index is 1.62. The molecule has 1 aromatic carbocycles. The number of fused-ring (bicyclic) bond motifs is 2. The summed E-state index contributed by atoms with van der Waals surface area (Å²) in [5, 5.41) is 0. The highest BCUT2D eigenvalue weighted by Gasteiger charge is 2.70. The predicted octanol–water partition coefficient (Wildman–Crippen LogP) is 6.09. The summed E-state index contributed by atoms with van der Waals surface area (Å²) in [6.07, 6.45) is 3.30. The number of carbonyl (C=O) groups is 1. The third kappa shape index (κ3) is 5.02. The first-order valence-corrected chi connectivity index (χ1v) is 14.5. The molecular formula is C32H44O7. The molecule has 1 saturated heterocycles. The second-order valence-electron chi connectivity index (χ2n) is 12.4. The summed E-state index contributed by atoms with van der Waals surface area (Å²) in [6, 6.07) is 9.80. The maximum absolute atomic E-state index is 14.6. The molecule has 7 heteroatoms. The standard InChI is InChI=1S/C32H44O7/c1-8-35-38-29-26-27(37-22(5)23-13-11-10-12-14-23)21(4)18-32(26,39-36-9-2)28(33)20(3)17-25-24(30(25,6)7)15-16-31(29)19-34-31/h10-14,17,21,24-27,29H,5,8-9,15-16,18-19H2,1-4,6-7H3. The van der Waals surface area contributed by atoms with Crippen LogP contribution in [0.5, 0.6) is 0 Å². The fraction of sp³-hybridized carbons (Fsp3) is 0.656. The van der Waals surface area contributed by atoms with E-state index >= 15 is 0 Å². The largest absolute Gasteiger partial charge is 0.490 e. The lowest BCUT2D eigenvalue weighted by Gasteiger charge is -2.40. The highest BCUT2D eigenvalue weighted by Crippen LogP contribution is 2.64. The fourth-order valence-corrected chi connectivity index (χ4v) is 7.26. The molecule has 1 aromatic rings. The van der Waals surface area contributed by atoms with Gasteiger partial charge in [0.2, 0.25) is 0 Å². The number of hydrogen-bond acceptors (Lipinski definition) is 7. The first-order chi connectivity index (χ1) is 18.6. The highest BCUT2D eigenvalue weighted by molar-refractivity contribution is 6.02. The summed E-state index contributed by atoms with van der Waals surface area (Å²) >= 11 is 0. The van der Waals surface area contributed by atoms with Crippen molar-refractivity contribution in [2.75, 3.05) is 19.8 Å². The molecule has 0 radical (unpaired) electrons. The van der Waals surface area contributed by atoms with Crippen LogP contribution in [0.2, 0.25) is 0 Å². The van der Waals surface area contributed by atoms with Gasteiger partial charge in [-0.2, -0.15) is 0 Å². The van der Waals surface area contributed by atoms with Gasteiger partial charge in [-0.25, -0.2) is 19.6 Å². The topological polar surface area (TPSA) is 75.8 Å². The molecule has 4 aliphatic rings. The van der Waals surface area contributed by atoms with Crippen molar-refractivity contribution in [1.82, 2.24) is 0 Å². The molecule has 3 fully saturated rings. The molecule has 39 heavy (non-hydrogen) atoms. The fourth-order valence-electron chi connectivity index (χ4n) is 7.26. The van der Waals surface area contributed by atoms with Crippen LogP contribution in [0.4, 0.5) is 0 Å². The van der Waals surface area contributed by atoms with E-state index in [2.05, 4.69) is 33.4 Å². The Kier molecular flexibility index (Phi) is 7.85. The molecule has 0 bridgehead atoms. The average molecular weight is 541 g/mol. The van der Waals surface area contributed by atoms with Gasteiger partial charge in [-0.1, -0.05) is 63.8 Å². The van der Waals surface area contributed by atoms with Crippen molar-refractivity contribution >= 4 is 11.5 Å². The number of allylic oxidation sites excluding steroid dienone is 1. The molecule has 1 aliphatic heterocycles. The van der Waals surface area contributed by atoms with Gasteiger partial charge in [0.15, 0.2) is 11.4 Å². The molecule has 8 unspecified atom stereocenters. The number of Topliss-reactive ketones (excluding diaryl/α,β-unsaturated/α-hetero) is 1. The average Bonchev–Trinajstić information content (AvgIpc) is 3.78. The Morgan fingerprint density at radius 3 is 2.46 bits per heavy atom. The van der Waals surface area contributed by atoms with Gasteiger partial charge >= 0.3 is 0 Å². The molecule has 0 N–H and O–H groups in total. The van der Waals surface area contributed by atoms with Crippen molar-refractivity contribution in [2.24, 2.45) is 29.1 Å². The molecule has 1 heterocycles. The van der Waals surface area contributed by atoms with E-state index in [1.807, 2.05) is 51.1 Å². The third-order valence-electron chi connectivity index (χ3n) is 9.62. The number of hydrogen-bond donors (Lipinski definition) is 0. The van der Waals surface area contributed by atoms with Gasteiger partial charge in [0.1, 0.15) is 23.6 Å². The van der Waals surface area contributed by atoms with E-state index in [0.29, 0.717) is 49.4 Å². The van der Waals surface area contributed by atoms with Crippen LogP contribution in [0.1, 0.15) is 66.4 Å². The monoisotopic (exact) mass is 540 g/mol. The lowest BCUT2D eigenvalue weighted by atomic mass is 9.74. The lowest BCUT2D eigenvalue weighted by Crippen LogP contribution is -2.57. The zero-order chi connectivity index (χ0) is 28.0. The SMILES string of the molecule is C=C(OC1C(C)CC2(OOCC)C(=O)C(C)=CC3C(CCC4(CO4)C(OOCC)C12)C3(C)C)c1ccccc1. The Morgan fingerprint density at radius 2 is 1.82 bits per heavy atom. The minimum Gasteiger partial charge on any atom is -0.490 e. The number of carbonyl (C=O) groups excluding carboxylic acids is 1. The minimum atomic E-state index is -1.34. The van der Waals surface area contributed by atoms with Gasteiger partial charge in [-0.3, -0.25) is 4.79 Å². The summed E-state index contributed by atoms with van der Waals surface area (Å²) in [5.74, 6) is 0.620. The van der Waals surface area contributed by atoms with Crippen LogP contribution in [0, 0.1) is 29.1 Å². The van der Waals surface area contributed by atoms with Crippen molar-refractivity contribution in [3.8, 4) is 0 Å². The molecule has 1 spiro atoms. The Morgan fingerprint density at radius 1 is 1.13 bits per heavy atom. The van der Waals surface area contributed by atoms with Crippen LogP contribution < -0.4 is 0 Å². The molecule has 214 valence electrons. The molecule has 2 saturated carbocycles. The number of rotatable bonds is 9. The van der Waals surface area contributed by atoms with Crippen molar-refractivity contribution in [3.63, 3.8) is 0 Å². The highest BCUT2D eigenvalue weighted by atomic mass is 17.2. The van der Waals surface area contributed by atoms with E-state index in [1.165, 1.54) is 0 Å². The van der Waals surface area contributed by atoms with Gasteiger partial charge < -0.3 is 9.47 Å². The molecule has 5 rings (SSSR count). The number of ketones is 1. The smallest absolute Gasteiger partial charge is 0.193 e. The van der Waals surface area contributed by atoms with Crippen molar-refractivity contribution in [2.45, 2.75) is 84.2 Å². The molecule has 8 atom stereocenters. The molecule has 0 amide bonds. The molecular weight excluding hydrogens is 496 g/mol. The second kappa shape index (κ2) is 10.7. The van der Waals surface area contributed by atoms with Crippen LogP contribution in [0.15, 0.2) is 48.6 Å². The predicted molar refractivity (Wildman–Crippen MR) is 147 cm³/mol. The van der Waals surface area contributed by atoms with E-state index < -0.39 is 29.3 Å². The van der Waals surface area contributed by atoms with E-state index in [4.69, 9.17) is 29.0 Å². The maximum Gasteiger partial charge on any atom is 0.193 e. The van der Waals surface area contributed by atoms with Crippen LogP contribution in [-0.4, -0.2) is 49.0 Å². The van der Waals surface area contributed by atoms with Gasteiger partial charge in [-0.15, -0.1) is 0 Å². The van der Waals surface area contributed by atoms with Crippen LogP contribution in [0.25, 0.3) is 5.76 Å². The molecule has 7 nitrogen and oxygen atoms in total. The summed E-state index contributed by atoms with van der Waals surface area (Å²) in [7, 11) is 0. The van der Waals surface area contributed by atoms with E-state index in [-0.39, 0.29) is 17.1 Å². The van der Waals surface area contributed by atoms with E-state index in [9.17, 15) is 4.79 Å². The number of ether oxygens (including phenoxy) is 2. The third-order valence-corrected chi connectivity index (χ3v) is 9.62. The van der Waals surface area contributed by atoms with Crippen molar-refractivity contribution < 1.29 is 33.8 Å². The minimum absolute atomic E-state index is 0.0655. The van der Waals surface area contributed by atoms with Gasteiger partial charge in [0, 0.05) is 5.56 Å². The zero-order valence-electron chi connectivity index (χ0n) is 24.2. The van der Waals surface area contributed by atoms with Crippen molar-refractivity contribution in [3.05, 3.63) is 54.1 Å². The zero-order valence-corrected chi connectivity index (χ0v) is 24.2. The first kappa shape index (κ1) is 28.5. The van der Waals surface area contributed by atoms with Crippen LogP contribution in [-0.2, 0) is 33.8 Å². The Hall–Kier alpha value is -2.03. The number of benzene rings is 1. The van der Waals surface area contributed by atoms with Gasteiger partial charge in [-0.05, 0) is 68.8 Å². The lowest BCUT2D eigenvalue weighted by molar-refractivity contribution is -0.389. The molecule has 0 aromatic heterocycles. The quantitative estimate of drug-likeness (QED) is 0.162. The van der Waals surface area contributed by atoms with E-state index in [0.717, 1.165) is 18.4 Å². The normalized spacial score (nSPS) is 38.8. The van der Waals surface area contributed by atoms with E-state index in [1.54, 1.807) is 0 Å². The summed E-state index contributed by atoms with van der Waals surface area (Å²) in [6.45, 7) is 17.7. The van der Waals surface area contributed by atoms with Gasteiger partial charge in [0.25, 0.3) is 0 Å². The van der Waals surface area contributed by atoms with Crippen LogP contribution >= 0.6 is 0 Å². The van der Waals surface area contributed by atoms with Crippen LogP contribution in [0.3, 0.4) is 0 Å². The first-order valence-electron chi connectivity index (χ1n) is 14.5. The Bertz CT molecular complexity index is 1090. The Labute approximate surface area is 232 Å². The number of epoxide rings is 1. The maximum atomic E-state index is 14.6. The summed E-state index contributed by atoms with van der Waals surface area (Å²) in [4.78, 5) is 38.3. The summed E-state index contributed by atoms with van der Waals surface area (Å²) < 4.78 is 12.9. The van der Waals surface area contributed by atoms with Crippen molar-refractivity contribution in [1.29, 1.82) is 0 Å². The molecule has 3 aliphatic carbocycles.